The Morgan fingerprint density at radius 2 is 2.29 bits per heavy atom. The van der Waals surface area contributed by atoms with Crippen molar-refractivity contribution in [2.75, 3.05) is 13.6 Å². The van der Waals surface area contributed by atoms with Crippen LogP contribution in [0.2, 0.25) is 5.02 Å². The van der Waals surface area contributed by atoms with Crippen LogP contribution in [0.4, 0.5) is 0 Å². The fourth-order valence-corrected chi connectivity index (χ4v) is 2.80. The molecule has 0 saturated carbocycles. The lowest BCUT2D eigenvalue weighted by molar-refractivity contribution is -0.145. The molecule has 0 aromatic heterocycles. The molecule has 92 valence electrons. The van der Waals surface area contributed by atoms with Gasteiger partial charge >= 0.3 is 5.97 Å². The van der Waals surface area contributed by atoms with Crippen molar-refractivity contribution in [1.29, 1.82) is 0 Å². The molecule has 1 saturated heterocycles. The molecule has 2 atom stereocenters. The minimum absolute atomic E-state index is 0.0695. The van der Waals surface area contributed by atoms with Crippen LogP contribution in [0.25, 0.3) is 0 Å². The molecule has 0 unspecified atom stereocenters. The standard InChI is InChI=1S/C13H16ClNO2/c1-15-7-3-6-11(13(16)17)12(15)9-4-2-5-10(14)8-9/h2,4-5,8,11-12H,3,6-7H2,1H3,(H,16,17)/t11-,12-/m1/s1. The molecule has 0 bridgehead atoms. The highest BCUT2D eigenvalue weighted by Gasteiger charge is 2.35. The van der Waals surface area contributed by atoms with Crippen LogP contribution in [0.15, 0.2) is 24.3 Å². The lowest BCUT2D eigenvalue weighted by Gasteiger charge is -2.37. The fraction of sp³-hybridized carbons (Fsp3) is 0.462. The van der Waals surface area contributed by atoms with Gasteiger partial charge in [0.1, 0.15) is 0 Å². The minimum Gasteiger partial charge on any atom is -0.481 e. The minimum atomic E-state index is -0.721. The van der Waals surface area contributed by atoms with Crippen molar-refractivity contribution in [3.05, 3.63) is 34.9 Å². The van der Waals surface area contributed by atoms with Crippen LogP contribution < -0.4 is 0 Å². The molecule has 2 rings (SSSR count). The smallest absolute Gasteiger partial charge is 0.308 e. The summed E-state index contributed by atoms with van der Waals surface area (Å²) >= 11 is 5.97. The Bertz CT molecular complexity index is 422. The first kappa shape index (κ1) is 12.4. The van der Waals surface area contributed by atoms with Crippen LogP contribution in [0.5, 0.6) is 0 Å². The van der Waals surface area contributed by atoms with Crippen molar-refractivity contribution in [2.45, 2.75) is 18.9 Å². The average molecular weight is 254 g/mol. The Morgan fingerprint density at radius 3 is 2.94 bits per heavy atom. The highest BCUT2D eigenvalue weighted by molar-refractivity contribution is 6.30. The topological polar surface area (TPSA) is 40.5 Å². The van der Waals surface area contributed by atoms with Crippen molar-refractivity contribution < 1.29 is 9.90 Å². The van der Waals surface area contributed by atoms with E-state index >= 15 is 0 Å². The number of halogens is 1. The fourth-order valence-electron chi connectivity index (χ4n) is 2.60. The maximum Gasteiger partial charge on any atom is 0.308 e. The van der Waals surface area contributed by atoms with Gasteiger partial charge in [-0.1, -0.05) is 23.7 Å². The number of hydrogen-bond donors (Lipinski definition) is 1. The molecule has 1 aromatic carbocycles. The van der Waals surface area contributed by atoms with E-state index < -0.39 is 5.97 Å². The first-order chi connectivity index (χ1) is 8.09. The Kier molecular flexibility index (Phi) is 3.69. The molecule has 0 radical (unpaired) electrons. The summed E-state index contributed by atoms with van der Waals surface area (Å²) in [5, 5.41) is 9.96. The predicted octanol–water partition coefficient (Wildman–Crippen LogP) is 2.81. The summed E-state index contributed by atoms with van der Waals surface area (Å²) in [7, 11) is 1.97. The summed E-state index contributed by atoms with van der Waals surface area (Å²) in [6, 6.07) is 7.43. The molecular formula is C13H16ClNO2. The quantitative estimate of drug-likeness (QED) is 0.881. The third-order valence-corrected chi connectivity index (χ3v) is 3.62. The summed E-state index contributed by atoms with van der Waals surface area (Å²) in [6.45, 7) is 0.932. The third-order valence-electron chi connectivity index (χ3n) is 3.39. The van der Waals surface area contributed by atoms with E-state index in [0.29, 0.717) is 5.02 Å². The second-order valence-corrected chi connectivity index (χ2v) is 5.00. The molecule has 1 aliphatic heterocycles. The van der Waals surface area contributed by atoms with Gasteiger partial charge in [0.25, 0.3) is 0 Å². The summed E-state index contributed by atoms with van der Waals surface area (Å²) in [6.07, 6.45) is 1.67. The summed E-state index contributed by atoms with van der Waals surface area (Å²) in [5.74, 6) is -1.06. The van der Waals surface area contributed by atoms with E-state index in [9.17, 15) is 9.90 Å². The number of carboxylic acid groups (broad SMARTS) is 1. The number of rotatable bonds is 2. The first-order valence-corrected chi connectivity index (χ1v) is 6.16. The van der Waals surface area contributed by atoms with Gasteiger partial charge in [-0.3, -0.25) is 9.69 Å². The van der Waals surface area contributed by atoms with Gasteiger partial charge in [-0.2, -0.15) is 0 Å². The molecule has 1 aromatic rings. The number of aliphatic carboxylic acids is 1. The van der Waals surface area contributed by atoms with Crippen LogP contribution in [-0.2, 0) is 4.79 Å². The van der Waals surface area contributed by atoms with E-state index in [1.807, 2.05) is 31.3 Å². The second kappa shape index (κ2) is 5.07. The Labute approximate surface area is 106 Å². The molecule has 3 nitrogen and oxygen atoms in total. The van der Waals surface area contributed by atoms with Gasteiger partial charge in [-0.25, -0.2) is 0 Å². The molecule has 17 heavy (non-hydrogen) atoms. The molecule has 0 spiro atoms. The molecule has 1 aliphatic rings. The van der Waals surface area contributed by atoms with Crippen molar-refractivity contribution >= 4 is 17.6 Å². The van der Waals surface area contributed by atoms with Crippen molar-refractivity contribution in [1.82, 2.24) is 4.90 Å². The maximum absolute atomic E-state index is 11.3. The maximum atomic E-state index is 11.3. The molecule has 0 aliphatic carbocycles. The summed E-state index contributed by atoms with van der Waals surface area (Å²) in [4.78, 5) is 13.4. The van der Waals surface area contributed by atoms with Gasteiger partial charge in [0.05, 0.1) is 5.92 Å². The number of carbonyl (C=O) groups is 1. The SMILES string of the molecule is CN1CCC[C@@H](C(=O)O)[C@H]1c1cccc(Cl)c1. The largest absolute Gasteiger partial charge is 0.481 e. The zero-order valence-electron chi connectivity index (χ0n) is 9.77. The Morgan fingerprint density at radius 1 is 1.53 bits per heavy atom. The average Bonchev–Trinajstić information content (AvgIpc) is 2.28. The van der Waals surface area contributed by atoms with E-state index in [4.69, 9.17) is 11.6 Å². The summed E-state index contributed by atoms with van der Waals surface area (Å²) in [5.41, 5.74) is 0.993. The van der Waals surface area contributed by atoms with Crippen LogP contribution in [0.1, 0.15) is 24.4 Å². The van der Waals surface area contributed by atoms with E-state index in [2.05, 4.69) is 4.90 Å². The number of carboxylic acids is 1. The van der Waals surface area contributed by atoms with Gasteiger partial charge in [-0.05, 0) is 44.1 Å². The van der Waals surface area contributed by atoms with E-state index in [0.717, 1.165) is 24.9 Å². The van der Waals surface area contributed by atoms with Crippen LogP contribution in [0, 0.1) is 5.92 Å². The molecule has 1 heterocycles. The monoisotopic (exact) mass is 253 g/mol. The van der Waals surface area contributed by atoms with Gasteiger partial charge < -0.3 is 5.11 Å². The number of likely N-dealkylation sites (tertiary alicyclic amines) is 1. The van der Waals surface area contributed by atoms with Crippen LogP contribution in [-0.4, -0.2) is 29.6 Å². The number of benzene rings is 1. The molecule has 0 amide bonds. The first-order valence-electron chi connectivity index (χ1n) is 5.78. The highest BCUT2D eigenvalue weighted by atomic mass is 35.5. The molecular weight excluding hydrogens is 238 g/mol. The van der Waals surface area contributed by atoms with Crippen molar-refractivity contribution in [3.8, 4) is 0 Å². The predicted molar refractivity (Wildman–Crippen MR) is 67.2 cm³/mol. The zero-order valence-corrected chi connectivity index (χ0v) is 10.5. The molecule has 1 N–H and O–H groups in total. The number of piperidine rings is 1. The van der Waals surface area contributed by atoms with Crippen LogP contribution in [0.3, 0.4) is 0 Å². The van der Waals surface area contributed by atoms with Crippen molar-refractivity contribution in [2.24, 2.45) is 5.92 Å². The van der Waals surface area contributed by atoms with Gasteiger partial charge in [0, 0.05) is 11.1 Å². The highest BCUT2D eigenvalue weighted by Crippen LogP contribution is 2.35. The lowest BCUT2D eigenvalue weighted by atomic mass is 9.85. The summed E-state index contributed by atoms with van der Waals surface area (Å²) < 4.78 is 0. The van der Waals surface area contributed by atoms with Crippen LogP contribution >= 0.6 is 11.6 Å². The van der Waals surface area contributed by atoms with Crippen molar-refractivity contribution in [3.63, 3.8) is 0 Å². The third kappa shape index (κ3) is 2.61. The van der Waals surface area contributed by atoms with E-state index in [1.165, 1.54) is 0 Å². The Balaban J connectivity index is 2.34. The Hall–Kier alpha value is -1.06. The van der Waals surface area contributed by atoms with Gasteiger partial charge in [0.2, 0.25) is 0 Å². The van der Waals surface area contributed by atoms with Gasteiger partial charge in [0.15, 0.2) is 0 Å². The normalized spacial score (nSPS) is 25.8. The lowest BCUT2D eigenvalue weighted by Crippen LogP contribution is -2.39. The second-order valence-electron chi connectivity index (χ2n) is 4.57. The van der Waals surface area contributed by atoms with E-state index in [1.54, 1.807) is 0 Å². The number of nitrogens with zero attached hydrogens (tertiary/aromatic N) is 1. The molecule has 1 fully saturated rings. The number of hydrogen-bond acceptors (Lipinski definition) is 2. The van der Waals surface area contributed by atoms with E-state index in [-0.39, 0.29) is 12.0 Å². The zero-order chi connectivity index (χ0) is 12.4. The molecule has 4 heteroatoms. The van der Waals surface area contributed by atoms with Gasteiger partial charge in [-0.15, -0.1) is 0 Å².